The Hall–Kier alpha value is -4.66. The fraction of sp³-hybridized carbons (Fsp3) is 0.233. The molecular weight excluding hydrogens is 588 g/mol. The molecule has 44 heavy (non-hydrogen) atoms. The van der Waals surface area contributed by atoms with Crippen LogP contribution in [0.2, 0.25) is 0 Å². The Morgan fingerprint density at radius 1 is 1.00 bits per heavy atom. The summed E-state index contributed by atoms with van der Waals surface area (Å²) in [6.45, 7) is 2.75. The van der Waals surface area contributed by atoms with Crippen molar-refractivity contribution in [1.29, 1.82) is 0 Å². The third-order valence-electron chi connectivity index (χ3n) is 7.64. The second-order valence-corrected chi connectivity index (χ2v) is 12.8. The van der Waals surface area contributed by atoms with Crippen molar-refractivity contribution in [3.05, 3.63) is 77.9 Å². The molecule has 0 atom stereocenters. The van der Waals surface area contributed by atoms with E-state index < -0.39 is 21.7 Å². The van der Waals surface area contributed by atoms with E-state index >= 15 is 4.39 Å². The zero-order chi connectivity index (χ0) is 30.4. The highest BCUT2D eigenvalue weighted by atomic mass is 32.2. The van der Waals surface area contributed by atoms with E-state index in [1.165, 1.54) is 31.2 Å². The molecule has 6 aromatic rings. The molecule has 1 fully saturated rings. The molecule has 0 aliphatic carbocycles. The number of benzene rings is 1. The molecule has 6 heterocycles. The third kappa shape index (κ3) is 5.54. The maximum Gasteiger partial charge on any atom is 0.209 e. The predicted octanol–water partition coefficient (Wildman–Crippen LogP) is 4.55. The van der Waals surface area contributed by atoms with E-state index in [2.05, 4.69) is 39.8 Å². The van der Waals surface area contributed by atoms with Crippen LogP contribution in [0.1, 0.15) is 24.0 Å². The number of pyridine rings is 3. The molecule has 1 saturated heterocycles. The number of rotatable bonds is 8. The molecule has 5 aromatic heterocycles. The van der Waals surface area contributed by atoms with Gasteiger partial charge in [0, 0.05) is 54.6 Å². The Labute approximate surface area is 250 Å². The number of likely N-dealkylation sites (tertiary alicyclic amines) is 1. The number of fused-ring (bicyclic) bond motifs is 2. The average Bonchev–Trinajstić information content (AvgIpc) is 3.75. The number of halogens is 2. The minimum absolute atomic E-state index is 0.0865. The van der Waals surface area contributed by atoms with Crippen molar-refractivity contribution >= 4 is 32.1 Å². The topological polar surface area (TPSA) is 145 Å². The molecule has 1 aliphatic heterocycles. The van der Waals surface area contributed by atoms with Gasteiger partial charge in [-0.25, -0.2) is 31.9 Å². The standard InChI is InChI=1S/C30H27F2N9O2S/c1-44(42,43)36-13-17-8-19(11-21(31)10-17)26-27-23(4-5-34-26)37-30(38-27)28-24-25(32)22(15-35-29(24)40-39-28)20-9-18(12-33-14-20)16-41-6-2-3-7-41/h4-5,8-12,14-15,36H,2-3,6-7,13,16H2,1H3,(H,37,38)(H,35,39,40). The molecule has 0 unspecified atom stereocenters. The number of nitrogens with one attached hydrogen (secondary N) is 3. The Morgan fingerprint density at radius 2 is 1.82 bits per heavy atom. The van der Waals surface area contributed by atoms with E-state index in [0.717, 1.165) is 31.5 Å². The fourth-order valence-corrected chi connectivity index (χ4v) is 6.04. The van der Waals surface area contributed by atoms with Crippen LogP contribution in [0.3, 0.4) is 0 Å². The van der Waals surface area contributed by atoms with Gasteiger partial charge in [0.1, 0.15) is 22.8 Å². The summed E-state index contributed by atoms with van der Waals surface area (Å²) in [5, 5.41) is 7.24. The number of hydrogen-bond donors (Lipinski definition) is 3. The van der Waals surface area contributed by atoms with Crippen LogP contribution in [0.5, 0.6) is 0 Å². The van der Waals surface area contributed by atoms with Gasteiger partial charge in [-0.05, 0) is 67.4 Å². The molecule has 0 spiro atoms. The minimum atomic E-state index is -3.47. The Balaban J connectivity index is 1.27. The molecule has 11 nitrogen and oxygen atoms in total. The molecular formula is C30H27F2N9O2S. The molecule has 7 rings (SSSR count). The van der Waals surface area contributed by atoms with Gasteiger partial charge in [0.2, 0.25) is 10.0 Å². The number of H-pyrrole nitrogens is 2. The van der Waals surface area contributed by atoms with E-state index in [4.69, 9.17) is 4.98 Å². The van der Waals surface area contributed by atoms with E-state index in [-0.39, 0.29) is 17.6 Å². The van der Waals surface area contributed by atoms with Crippen molar-refractivity contribution in [2.75, 3.05) is 19.3 Å². The van der Waals surface area contributed by atoms with Gasteiger partial charge in [0.25, 0.3) is 0 Å². The highest BCUT2D eigenvalue weighted by Gasteiger charge is 2.22. The maximum atomic E-state index is 16.2. The minimum Gasteiger partial charge on any atom is -0.337 e. The molecule has 0 bridgehead atoms. The van der Waals surface area contributed by atoms with Crippen LogP contribution in [0.4, 0.5) is 8.78 Å². The second kappa shape index (κ2) is 11.1. The summed E-state index contributed by atoms with van der Waals surface area (Å²) in [5.74, 6) is -0.765. The number of aromatic nitrogens is 7. The normalized spacial score (nSPS) is 14.2. The van der Waals surface area contributed by atoms with Crippen LogP contribution >= 0.6 is 0 Å². The third-order valence-corrected chi connectivity index (χ3v) is 8.31. The van der Waals surface area contributed by atoms with Gasteiger partial charge < -0.3 is 4.98 Å². The molecule has 3 N–H and O–H groups in total. The van der Waals surface area contributed by atoms with Gasteiger partial charge in [-0.1, -0.05) is 0 Å². The smallest absolute Gasteiger partial charge is 0.209 e. The lowest BCUT2D eigenvalue weighted by atomic mass is 10.0. The first-order chi connectivity index (χ1) is 21.2. The highest BCUT2D eigenvalue weighted by molar-refractivity contribution is 7.88. The maximum absolute atomic E-state index is 16.2. The summed E-state index contributed by atoms with van der Waals surface area (Å²) >= 11 is 0. The van der Waals surface area contributed by atoms with Crippen molar-refractivity contribution in [2.24, 2.45) is 0 Å². The predicted molar refractivity (Wildman–Crippen MR) is 162 cm³/mol. The van der Waals surface area contributed by atoms with Crippen molar-refractivity contribution in [3.63, 3.8) is 0 Å². The van der Waals surface area contributed by atoms with E-state index in [1.807, 2.05) is 6.07 Å². The quantitative estimate of drug-likeness (QED) is 0.226. The summed E-state index contributed by atoms with van der Waals surface area (Å²) in [5.41, 5.74) is 4.59. The largest absolute Gasteiger partial charge is 0.337 e. The molecule has 0 amide bonds. The van der Waals surface area contributed by atoms with Crippen molar-refractivity contribution in [3.8, 4) is 33.9 Å². The molecule has 224 valence electrons. The number of imidazole rings is 1. The lowest BCUT2D eigenvalue weighted by molar-refractivity contribution is 0.331. The summed E-state index contributed by atoms with van der Waals surface area (Å²) in [7, 11) is -3.47. The number of sulfonamides is 1. The summed E-state index contributed by atoms with van der Waals surface area (Å²) in [6.07, 6.45) is 9.82. The van der Waals surface area contributed by atoms with Crippen LogP contribution in [-0.4, -0.2) is 67.8 Å². The second-order valence-electron chi connectivity index (χ2n) is 10.9. The van der Waals surface area contributed by atoms with Crippen molar-refractivity contribution in [2.45, 2.75) is 25.9 Å². The van der Waals surface area contributed by atoms with E-state index in [0.29, 0.717) is 50.5 Å². The van der Waals surface area contributed by atoms with E-state index in [1.54, 1.807) is 30.7 Å². The Kier molecular flexibility index (Phi) is 7.11. The first-order valence-electron chi connectivity index (χ1n) is 14.0. The summed E-state index contributed by atoms with van der Waals surface area (Å²) in [4.78, 5) is 23.5. The van der Waals surface area contributed by atoms with Crippen LogP contribution in [0.15, 0.2) is 55.1 Å². The van der Waals surface area contributed by atoms with Gasteiger partial charge in [-0.15, -0.1) is 0 Å². The number of nitrogens with zero attached hydrogens (tertiary/aromatic N) is 6. The molecule has 0 radical (unpaired) electrons. The lowest BCUT2D eigenvalue weighted by Crippen LogP contribution is -2.21. The van der Waals surface area contributed by atoms with Crippen LogP contribution < -0.4 is 4.72 Å². The van der Waals surface area contributed by atoms with Crippen molar-refractivity contribution in [1.82, 2.24) is 44.7 Å². The first kappa shape index (κ1) is 28.1. The van der Waals surface area contributed by atoms with Crippen LogP contribution in [0.25, 0.3) is 56.0 Å². The first-order valence-corrected chi connectivity index (χ1v) is 15.9. The SMILES string of the molecule is CS(=O)(=O)NCc1cc(F)cc(-c2nccc3[nH]c(-c4[nH]nc5ncc(-c6cncc(CN7CCCC7)c6)c(F)c45)nc23)c1. The zero-order valence-corrected chi connectivity index (χ0v) is 24.4. The Morgan fingerprint density at radius 3 is 2.64 bits per heavy atom. The zero-order valence-electron chi connectivity index (χ0n) is 23.6. The van der Waals surface area contributed by atoms with Gasteiger partial charge in [0.05, 0.1) is 22.9 Å². The van der Waals surface area contributed by atoms with Crippen LogP contribution in [-0.2, 0) is 23.1 Å². The van der Waals surface area contributed by atoms with Crippen LogP contribution in [0, 0.1) is 11.6 Å². The van der Waals surface area contributed by atoms with Crippen molar-refractivity contribution < 1.29 is 17.2 Å². The number of aromatic amines is 2. The Bertz CT molecular complexity index is 2140. The van der Waals surface area contributed by atoms with Gasteiger partial charge in [-0.2, -0.15) is 5.10 Å². The molecule has 0 saturated carbocycles. The molecule has 14 heteroatoms. The average molecular weight is 616 g/mol. The molecule has 1 aromatic carbocycles. The summed E-state index contributed by atoms with van der Waals surface area (Å²) < 4.78 is 56.3. The van der Waals surface area contributed by atoms with Gasteiger partial charge in [0.15, 0.2) is 11.5 Å². The van der Waals surface area contributed by atoms with Gasteiger partial charge in [-0.3, -0.25) is 20.0 Å². The van der Waals surface area contributed by atoms with E-state index in [9.17, 15) is 12.8 Å². The summed E-state index contributed by atoms with van der Waals surface area (Å²) in [6, 6.07) is 7.84. The highest BCUT2D eigenvalue weighted by Crippen LogP contribution is 2.34. The lowest BCUT2D eigenvalue weighted by Gasteiger charge is -2.15. The molecule has 1 aliphatic rings. The number of hydrogen-bond acceptors (Lipinski definition) is 8. The van der Waals surface area contributed by atoms with Gasteiger partial charge >= 0.3 is 0 Å². The fourth-order valence-electron chi connectivity index (χ4n) is 5.61. The monoisotopic (exact) mass is 615 g/mol.